The van der Waals surface area contributed by atoms with E-state index in [-0.39, 0.29) is 25.4 Å². The molecule has 0 bridgehead atoms. The summed E-state index contributed by atoms with van der Waals surface area (Å²) < 4.78 is 23.6. The van der Waals surface area contributed by atoms with Crippen LogP contribution >= 0.6 is 15.2 Å². The summed E-state index contributed by atoms with van der Waals surface area (Å²) in [4.78, 5) is 35.7. The normalized spacial score (nSPS) is 13.2. The Morgan fingerprint density at radius 3 is 2.14 bits per heavy atom. The Hall–Kier alpha value is -2.83. The maximum atomic E-state index is 11.0. The Morgan fingerprint density at radius 1 is 0.886 bits per heavy atom. The van der Waals surface area contributed by atoms with Gasteiger partial charge in [-0.25, -0.2) is 4.57 Å². The van der Waals surface area contributed by atoms with Crippen LogP contribution in [0.3, 0.4) is 0 Å². The number of rotatable bonds is 13. The molecule has 5 N–H and O–H groups in total. The summed E-state index contributed by atoms with van der Waals surface area (Å²) in [5, 5.41) is 2.86. The molecule has 0 radical (unpaired) electrons. The van der Waals surface area contributed by atoms with Crippen LogP contribution in [0.1, 0.15) is 16.7 Å². The minimum atomic E-state index is -4.01. The van der Waals surface area contributed by atoms with Crippen molar-refractivity contribution in [2.75, 3.05) is 18.9 Å². The Balaban J connectivity index is 1.99. The van der Waals surface area contributed by atoms with Crippen LogP contribution in [0.25, 0.3) is 18.2 Å². The zero-order valence-corrected chi connectivity index (χ0v) is 21.0. The van der Waals surface area contributed by atoms with Crippen LogP contribution < -0.4 is 9.88 Å². The highest BCUT2D eigenvalue weighted by molar-refractivity contribution is 7.52. The molecule has 0 amide bonds. The first kappa shape index (κ1) is 28.4. The van der Waals surface area contributed by atoms with Crippen molar-refractivity contribution in [1.82, 2.24) is 5.32 Å². The van der Waals surface area contributed by atoms with Crippen molar-refractivity contribution in [3.8, 4) is 0 Å². The first-order valence-electron chi connectivity index (χ1n) is 10.8. The molecule has 2 aromatic rings. The minimum Gasteiger partial charge on any atom is -0.390 e. The zero-order valence-electron chi connectivity index (χ0n) is 19.2. The Labute approximate surface area is 205 Å². The molecule has 0 saturated carbocycles. The molecule has 0 aliphatic rings. The van der Waals surface area contributed by atoms with E-state index in [2.05, 4.69) is 11.9 Å². The van der Waals surface area contributed by atoms with E-state index in [1.807, 2.05) is 66.8 Å². The van der Waals surface area contributed by atoms with Gasteiger partial charge in [0.1, 0.15) is 6.16 Å². The van der Waals surface area contributed by atoms with Gasteiger partial charge in [0.05, 0.1) is 6.16 Å². The van der Waals surface area contributed by atoms with E-state index < -0.39 is 15.2 Å². The summed E-state index contributed by atoms with van der Waals surface area (Å²) >= 11 is 0. The lowest BCUT2D eigenvalue weighted by molar-refractivity contribution is -0.692. The van der Waals surface area contributed by atoms with Crippen molar-refractivity contribution in [2.24, 2.45) is 0 Å². The Morgan fingerprint density at radius 2 is 1.51 bits per heavy atom. The number of benzene rings is 1. The molecule has 1 heterocycles. The van der Waals surface area contributed by atoms with Gasteiger partial charge in [0, 0.05) is 18.7 Å². The highest BCUT2D eigenvalue weighted by atomic mass is 31.2. The van der Waals surface area contributed by atoms with E-state index in [4.69, 9.17) is 19.6 Å². The average molecular weight is 517 g/mol. The third-order valence-electron chi connectivity index (χ3n) is 4.66. The van der Waals surface area contributed by atoms with E-state index in [0.717, 1.165) is 22.3 Å². The van der Waals surface area contributed by atoms with E-state index >= 15 is 0 Å². The molecule has 0 saturated heterocycles. The first-order valence-corrected chi connectivity index (χ1v) is 14.4. The third kappa shape index (κ3) is 13.0. The molecule has 0 aliphatic carbocycles. The summed E-state index contributed by atoms with van der Waals surface area (Å²) in [5.41, 5.74) is 3.83. The maximum absolute atomic E-state index is 11.0. The Bertz CT molecular complexity index is 1190. The lowest BCUT2D eigenvalue weighted by atomic mass is 10.1. The largest absolute Gasteiger partial charge is 0.390 e. The molecule has 0 unspecified atom stereocenters. The minimum absolute atomic E-state index is 0.176. The standard InChI is InChI=1S/C25H30N2O6P2/c1-2-4-22(11-14-26-15-19-34(28,29)30)7-9-24-5-3-6-25(21-24)10-8-23-12-16-27(17-13-23)18-20-35(31,32)33/h2-14,16-17,21,26H,1,15,18-20H2,(H3-,28,29,30,31,32,33)/p+1/b9-7+,10-8+,14-11-,22-4-. The quantitative estimate of drug-likeness (QED) is 0.118. The fourth-order valence-electron chi connectivity index (χ4n) is 2.88. The van der Waals surface area contributed by atoms with Crippen molar-refractivity contribution >= 4 is 33.4 Å². The number of nitrogens with zero attached hydrogens (tertiary/aromatic N) is 1. The monoisotopic (exact) mass is 517 g/mol. The van der Waals surface area contributed by atoms with Crippen molar-refractivity contribution in [3.63, 3.8) is 0 Å². The smallest absolute Gasteiger partial charge is 0.331 e. The van der Waals surface area contributed by atoms with Crippen LogP contribution in [0.4, 0.5) is 0 Å². The molecule has 186 valence electrons. The molecule has 8 nitrogen and oxygen atoms in total. The van der Waals surface area contributed by atoms with E-state index in [1.165, 1.54) is 0 Å². The fraction of sp³-hybridized carbons (Fsp3) is 0.160. The molecule has 1 aromatic carbocycles. The van der Waals surface area contributed by atoms with Crippen LogP contribution in [0.5, 0.6) is 0 Å². The van der Waals surface area contributed by atoms with Crippen molar-refractivity contribution in [1.29, 1.82) is 0 Å². The number of hydrogen-bond acceptors (Lipinski definition) is 3. The number of hydrogen-bond donors (Lipinski definition) is 5. The molecular formula is C25H31N2O6P2+. The van der Waals surface area contributed by atoms with Crippen molar-refractivity contribution in [2.45, 2.75) is 6.54 Å². The van der Waals surface area contributed by atoms with E-state index in [0.29, 0.717) is 0 Å². The summed E-state index contributed by atoms with van der Waals surface area (Å²) in [7, 11) is -8.02. The molecule has 0 fully saturated rings. The SMILES string of the molecule is C=C/C=C(\C=C/NCCP(=O)(O)O)/C=C/c1cccc(/C=C/c2cc[n+](CCP(=O)(O)O)cc2)c1. The predicted molar refractivity (Wildman–Crippen MR) is 140 cm³/mol. The summed E-state index contributed by atoms with van der Waals surface area (Å²) in [6.45, 7) is 4.14. The van der Waals surface area contributed by atoms with E-state index in [1.54, 1.807) is 35.3 Å². The zero-order chi connectivity index (χ0) is 25.7. The molecule has 1 aromatic heterocycles. The Kier molecular flexibility index (Phi) is 11.3. The predicted octanol–water partition coefficient (Wildman–Crippen LogP) is 3.73. The van der Waals surface area contributed by atoms with Crippen LogP contribution in [0.2, 0.25) is 0 Å². The number of aryl methyl sites for hydroxylation is 1. The third-order valence-corrected chi connectivity index (χ3v) is 6.25. The number of nitrogens with one attached hydrogen (secondary N) is 1. The molecule has 10 heteroatoms. The summed E-state index contributed by atoms with van der Waals surface area (Å²) in [5.74, 6) is 0. The van der Waals surface area contributed by atoms with E-state index in [9.17, 15) is 9.13 Å². The second-order valence-electron chi connectivity index (χ2n) is 7.67. The van der Waals surface area contributed by atoms with Crippen LogP contribution in [-0.2, 0) is 15.7 Å². The average Bonchev–Trinajstić information content (AvgIpc) is 2.79. The highest BCUT2D eigenvalue weighted by Gasteiger charge is 2.15. The van der Waals surface area contributed by atoms with Gasteiger partial charge in [-0.15, -0.1) is 0 Å². The molecule has 2 rings (SSSR count). The summed E-state index contributed by atoms with van der Waals surface area (Å²) in [6.07, 6.45) is 17.9. The number of pyridine rings is 1. The van der Waals surface area contributed by atoms with Gasteiger partial charge in [0.15, 0.2) is 18.9 Å². The van der Waals surface area contributed by atoms with Gasteiger partial charge >= 0.3 is 15.2 Å². The second kappa shape index (κ2) is 13.9. The van der Waals surface area contributed by atoms with Gasteiger partial charge in [-0.3, -0.25) is 9.13 Å². The molecule has 0 aliphatic heterocycles. The first-order chi connectivity index (χ1) is 16.5. The molecular weight excluding hydrogens is 486 g/mol. The van der Waals surface area contributed by atoms with Gasteiger partial charge in [-0.05, 0) is 40.6 Å². The van der Waals surface area contributed by atoms with Crippen LogP contribution in [0.15, 0.2) is 91.4 Å². The van der Waals surface area contributed by atoms with Crippen LogP contribution in [-0.4, -0.2) is 38.4 Å². The van der Waals surface area contributed by atoms with Gasteiger partial charge in [-0.2, -0.15) is 0 Å². The topological polar surface area (TPSA) is 131 Å². The van der Waals surface area contributed by atoms with Gasteiger partial charge in [0.25, 0.3) is 0 Å². The number of allylic oxidation sites excluding steroid dienone is 5. The highest BCUT2D eigenvalue weighted by Crippen LogP contribution is 2.33. The second-order valence-corrected chi connectivity index (χ2v) is 11.2. The lowest BCUT2D eigenvalue weighted by Gasteiger charge is -2.03. The van der Waals surface area contributed by atoms with Gasteiger partial charge in [-0.1, -0.05) is 61.2 Å². The molecule has 35 heavy (non-hydrogen) atoms. The lowest BCUT2D eigenvalue weighted by Crippen LogP contribution is -2.34. The van der Waals surface area contributed by atoms with Crippen molar-refractivity contribution < 1.29 is 33.3 Å². The van der Waals surface area contributed by atoms with Crippen molar-refractivity contribution in [3.05, 3.63) is 108 Å². The fourth-order valence-corrected chi connectivity index (χ4v) is 3.79. The molecule has 0 spiro atoms. The maximum Gasteiger partial charge on any atom is 0.331 e. The van der Waals surface area contributed by atoms with Gasteiger partial charge in [0.2, 0.25) is 0 Å². The van der Waals surface area contributed by atoms with Gasteiger partial charge < -0.3 is 24.9 Å². The molecule has 0 atom stereocenters. The number of aromatic nitrogens is 1. The summed E-state index contributed by atoms with van der Waals surface area (Å²) in [6, 6.07) is 11.7. The van der Waals surface area contributed by atoms with Crippen LogP contribution in [0, 0.1) is 0 Å².